The molecule has 4 heteroatoms. The number of hydrogen-bond acceptors (Lipinski definition) is 1. The van der Waals surface area contributed by atoms with Crippen LogP contribution in [0.3, 0.4) is 0 Å². The monoisotopic (exact) mass is 347 g/mol. The molecule has 1 amide bonds. The fraction of sp³-hybridized carbons (Fsp3) is 0.235. The van der Waals surface area contributed by atoms with Gasteiger partial charge in [0.1, 0.15) is 5.82 Å². The average molecular weight is 348 g/mol. The van der Waals surface area contributed by atoms with Gasteiger partial charge in [-0.05, 0) is 36.6 Å². The number of aryl methyl sites for hydroxylation is 2. The van der Waals surface area contributed by atoms with Crippen molar-refractivity contribution in [3.8, 4) is 0 Å². The highest BCUT2D eigenvalue weighted by Gasteiger charge is 2.19. The van der Waals surface area contributed by atoms with E-state index in [9.17, 15) is 9.18 Å². The second kappa shape index (κ2) is 5.60. The second-order valence-electron chi connectivity index (χ2n) is 5.35. The van der Waals surface area contributed by atoms with Crippen LogP contribution in [-0.2, 0) is 11.2 Å². The molecule has 1 N–H and O–H groups in total. The van der Waals surface area contributed by atoms with Crippen molar-refractivity contribution in [2.45, 2.75) is 24.6 Å². The van der Waals surface area contributed by atoms with E-state index in [2.05, 4.69) is 21.2 Å². The summed E-state index contributed by atoms with van der Waals surface area (Å²) in [5.74, 6) is -0.163. The van der Waals surface area contributed by atoms with Gasteiger partial charge in [0.2, 0.25) is 5.91 Å². The predicted molar refractivity (Wildman–Crippen MR) is 85.3 cm³/mol. The molecule has 0 aromatic heterocycles. The number of rotatable bonds is 2. The van der Waals surface area contributed by atoms with E-state index in [1.807, 2.05) is 31.2 Å². The molecule has 1 unspecified atom stereocenters. The third kappa shape index (κ3) is 2.86. The first-order chi connectivity index (χ1) is 10.0. The Balaban J connectivity index is 1.97. The highest BCUT2D eigenvalue weighted by atomic mass is 79.9. The third-order valence-corrected chi connectivity index (χ3v) is 4.76. The predicted octanol–water partition coefficient (Wildman–Crippen LogP) is 4.50. The summed E-state index contributed by atoms with van der Waals surface area (Å²) in [6.07, 6.45) is 1.23. The van der Waals surface area contributed by atoms with Gasteiger partial charge < -0.3 is 5.32 Å². The van der Waals surface area contributed by atoms with E-state index in [1.54, 1.807) is 6.07 Å². The number of carbonyl (C=O) groups is 1. The zero-order valence-corrected chi connectivity index (χ0v) is 13.2. The Kier molecular flexibility index (Phi) is 3.81. The van der Waals surface area contributed by atoms with E-state index in [0.29, 0.717) is 12.0 Å². The Hall–Kier alpha value is -1.68. The molecule has 1 atom stereocenters. The summed E-state index contributed by atoms with van der Waals surface area (Å²) in [5.41, 5.74) is 4.62. The summed E-state index contributed by atoms with van der Waals surface area (Å²) < 4.78 is 14.0. The maximum absolute atomic E-state index is 14.0. The van der Waals surface area contributed by atoms with Crippen LogP contribution < -0.4 is 5.32 Å². The van der Waals surface area contributed by atoms with Gasteiger partial charge in [-0.15, -0.1) is 0 Å². The number of benzene rings is 2. The summed E-state index contributed by atoms with van der Waals surface area (Å²) in [5, 5.41) is 2.86. The molecule has 1 heterocycles. The van der Waals surface area contributed by atoms with Gasteiger partial charge in [-0.2, -0.15) is 0 Å². The molecule has 2 aromatic rings. The average Bonchev–Trinajstić information content (AvgIpc) is 2.48. The van der Waals surface area contributed by atoms with E-state index in [1.165, 1.54) is 6.07 Å². The number of halogens is 2. The molecule has 3 rings (SSSR count). The van der Waals surface area contributed by atoms with Crippen molar-refractivity contribution in [2.75, 3.05) is 5.32 Å². The van der Waals surface area contributed by atoms with Crippen LogP contribution in [-0.4, -0.2) is 5.91 Å². The van der Waals surface area contributed by atoms with Gasteiger partial charge in [-0.25, -0.2) is 4.39 Å². The molecule has 0 spiro atoms. The first-order valence-electron chi connectivity index (χ1n) is 6.87. The zero-order chi connectivity index (χ0) is 15.0. The van der Waals surface area contributed by atoms with Crippen LogP contribution in [0.25, 0.3) is 0 Å². The van der Waals surface area contributed by atoms with Gasteiger partial charge in [-0.1, -0.05) is 45.8 Å². The van der Waals surface area contributed by atoms with Crippen molar-refractivity contribution in [3.05, 3.63) is 64.5 Å². The van der Waals surface area contributed by atoms with Gasteiger partial charge >= 0.3 is 0 Å². The van der Waals surface area contributed by atoms with Crippen molar-refractivity contribution >= 4 is 27.5 Å². The summed E-state index contributed by atoms with van der Waals surface area (Å²) in [6.45, 7) is 1.95. The van der Waals surface area contributed by atoms with Crippen LogP contribution in [0.2, 0.25) is 0 Å². The van der Waals surface area contributed by atoms with E-state index < -0.39 is 0 Å². The Morgan fingerprint density at radius 2 is 2.00 bits per heavy atom. The van der Waals surface area contributed by atoms with Gasteiger partial charge in [0, 0.05) is 17.7 Å². The minimum absolute atomic E-state index is 0.0513. The van der Waals surface area contributed by atoms with Crippen LogP contribution in [0.15, 0.2) is 36.4 Å². The lowest BCUT2D eigenvalue weighted by molar-refractivity contribution is -0.116. The molecule has 2 nitrogen and oxygen atoms in total. The number of hydrogen-bond donors (Lipinski definition) is 1. The Morgan fingerprint density at radius 3 is 2.81 bits per heavy atom. The van der Waals surface area contributed by atoms with Gasteiger partial charge in [-0.3, -0.25) is 4.79 Å². The summed E-state index contributed by atoms with van der Waals surface area (Å²) in [6, 6.07) is 11.0. The first kappa shape index (κ1) is 14.3. The fourth-order valence-electron chi connectivity index (χ4n) is 2.60. The van der Waals surface area contributed by atoms with Gasteiger partial charge in [0.25, 0.3) is 0 Å². The number of amides is 1. The largest absolute Gasteiger partial charge is 0.326 e. The van der Waals surface area contributed by atoms with Crippen molar-refractivity contribution in [1.82, 2.24) is 0 Å². The zero-order valence-electron chi connectivity index (χ0n) is 11.6. The molecule has 1 aliphatic heterocycles. The molecule has 0 saturated heterocycles. The summed E-state index contributed by atoms with van der Waals surface area (Å²) >= 11 is 3.59. The molecule has 108 valence electrons. The maximum atomic E-state index is 14.0. The van der Waals surface area contributed by atoms with Crippen molar-refractivity contribution in [1.29, 1.82) is 0 Å². The highest BCUT2D eigenvalue weighted by molar-refractivity contribution is 9.09. The lowest BCUT2D eigenvalue weighted by Crippen LogP contribution is -2.19. The highest BCUT2D eigenvalue weighted by Crippen LogP contribution is 2.35. The summed E-state index contributed by atoms with van der Waals surface area (Å²) in [4.78, 5) is 11.2. The normalized spacial score (nSPS) is 15.3. The number of nitrogens with one attached hydrogen (secondary N) is 1. The quantitative estimate of drug-likeness (QED) is 0.796. The van der Waals surface area contributed by atoms with Crippen LogP contribution in [0.5, 0.6) is 0 Å². The standard InChI is InChI=1S/C17H15BrFNO/c1-10-2-5-14(19)13(8-10)17(18)12-3-6-15-11(9-12)4-7-16(21)20-15/h2-3,5-6,8-9,17H,4,7H2,1H3,(H,20,21). The topological polar surface area (TPSA) is 29.1 Å². The van der Waals surface area contributed by atoms with E-state index in [4.69, 9.17) is 0 Å². The Morgan fingerprint density at radius 1 is 1.19 bits per heavy atom. The molecular formula is C17H15BrFNO. The fourth-order valence-corrected chi connectivity index (χ4v) is 3.23. The van der Waals surface area contributed by atoms with E-state index in [-0.39, 0.29) is 16.6 Å². The molecule has 21 heavy (non-hydrogen) atoms. The van der Waals surface area contributed by atoms with Crippen molar-refractivity contribution in [3.63, 3.8) is 0 Å². The number of alkyl halides is 1. The van der Waals surface area contributed by atoms with Crippen molar-refractivity contribution in [2.24, 2.45) is 0 Å². The molecule has 0 radical (unpaired) electrons. The Bertz CT molecular complexity index is 714. The van der Waals surface area contributed by atoms with Crippen LogP contribution in [0, 0.1) is 12.7 Å². The minimum atomic E-state index is -0.214. The smallest absolute Gasteiger partial charge is 0.224 e. The number of anilines is 1. The maximum Gasteiger partial charge on any atom is 0.224 e. The van der Waals surface area contributed by atoms with Gasteiger partial charge in [0.15, 0.2) is 0 Å². The molecular weight excluding hydrogens is 333 g/mol. The van der Waals surface area contributed by atoms with Crippen LogP contribution >= 0.6 is 15.9 Å². The second-order valence-corrected chi connectivity index (χ2v) is 6.27. The van der Waals surface area contributed by atoms with Crippen molar-refractivity contribution < 1.29 is 9.18 Å². The van der Waals surface area contributed by atoms with Crippen LogP contribution in [0.1, 0.15) is 33.5 Å². The molecule has 0 bridgehead atoms. The molecule has 1 aliphatic rings. The molecule has 0 aliphatic carbocycles. The lowest BCUT2D eigenvalue weighted by Gasteiger charge is -2.19. The molecule has 0 fully saturated rings. The first-order valence-corrected chi connectivity index (χ1v) is 7.79. The van der Waals surface area contributed by atoms with E-state index >= 15 is 0 Å². The third-order valence-electron chi connectivity index (χ3n) is 3.74. The SMILES string of the molecule is Cc1ccc(F)c(C(Br)c2ccc3c(c2)CCC(=O)N3)c1. The number of fused-ring (bicyclic) bond motifs is 1. The van der Waals surface area contributed by atoms with Crippen LogP contribution in [0.4, 0.5) is 10.1 Å². The lowest BCUT2D eigenvalue weighted by atomic mass is 9.96. The molecule has 2 aromatic carbocycles. The summed E-state index contributed by atoms with van der Waals surface area (Å²) in [7, 11) is 0. The van der Waals surface area contributed by atoms with E-state index in [0.717, 1.165) is 28.8 Å². The Labute approximate surface area is 131 Å². The molecule has 0 saturated carbocycles. The number of carbonyl (C=O) groups excluding carboxylic acids is 1. The van der Waals surface area contributed by atoms with Gasteiger partial charge in [0.05, 0.1) is 4.83 Å². The minimum Gasteiger partial charge on any atom is -0.326 e.